The second kappa shape index (κ2) is 7.21. The van der Waals surface area contributed by atoms with Gasteiger partial charge in [-0.3, -0.25) is 19.3 Å². The summed E-state index contributed by atoms with van der Waals surface area (Å²) in [5.41, 5.74) is 3.63. The molecule has 0 radical (unpaired) electrons. The van der Waals surface area contributed by atoms with Gasteiger partial charge in [-0.2, -0.15) is 5.10 Å². The summed E-state index contributed by atoms with van der Waals surface area (Å²) in [7, 11) is 0. The summed E-state index contributed by atoms with van der Waals surface area (Å²) >= 11 is 0. The Bertz CT molecular complexity index is 601. The Hall–Kier alpha value is -1.44. The van der Waals surface area contributed by atoms with Crippen molar-refractivity contribution in [2.75, 3.05) is 39.4 Å². The fourth-order valence-corrected chi connectivity index (χ4v) is 4.01. The van der Waals surface area contributed by atoms with Crippen LogP contribution in [-0.2, 0) is 22.6 Å². The molecule has 0 aliphatic carbocycles. The zero-order chi connectivity index (χ0) is 17.3. The van der Waals surface area contributed by atoms with Crippen LogP contribution in [0.4, 0.5) is 0 Å². The van der Waals surface area contributed by atoms with Crippen molar-refractivity contribution in [3.63, 3.8) is 0 Å². The molecule has 2 fully saturated rings. The van der Waals surface area contributed by atoms with Crippen LogP contribution in [0.5, 0.6) is 0 Å². The predicted molar refractivity (Wildman–Crippen MR) is 90.0 cm³/mol. The van der Waals surface area contributed by atoms with E-state index >= 15 is 0 Å². The second-order valence-electron chi connectivity index (χ2n) is 7.04. The Morgan fingerprint density at radius 2 is 2.08 bits per heavy atom. The lowest BCUT2D eigenvalue weighted by Crippen LogP contribution is -2.45. The minimum absolute atomic E-state index is 0.118. The first-order valence-electron chi connectivity index (χ1n) is 8.76. The molecule has 2 atom stereocenters. The van der Waals surface area contributed by atoms with Gasteiger partial charge >= 0.3 is 5.97 Å². The number of nitrogens with zero attached hydrogens (tertiary/aromatic N) is 4. The average Bonchev–Trinajstić information content (AvgIpc) is 2.66. The van der Waals surface area contributed by atoms with Crippen LogP contribution in [0.3, 0.4) is 0 Å². The van der Waals surface area contributed by atoms with Gasteiger partial charge in [0.1, 0.15) is 0 Å². The van der Waals surface area contributed by atoms with E-state index in [1.165, 1.54) is 11.3 Å². The Morgan fingerprint density at radius 3 is 2.75 bits per heavy atom. The third-order valence-corrected chi connectivity index (χ3v) is 5.21. The van der Waals surface area contributed by atoms with Crippen molar-refractivity contribution in [1.82, 2.24) is 19.6 Å². The summed E-state index contributed by atoms with van der Waals surface area (Å²) in [5.74, 6) is -0.392. The lowest BCUT2D eigenvalue weighted by molar-refractivity contribution is -0.138. The maximum Gasteiger partial charge on any atom is 0.317 e. The van der Waals surface area contributed by atoms with E-state index in [9.17, 15) is 4.79 Å². The van der Waals surface area contributed by atoms with Crippen molar-refractivity contribution in [3.8, 4) is 0 Å². The second-order valence-corrected chi connectivity index (χ2v) is 7.04. The van der Waals surface area contributed by atoms with Crippen LogP contribution < -0.4 is 0 Å². The molecule has 0 amide bonds. The topological polar surface area (TPSA) is 70.8 Å². The fourth-order valence-electron chi connectivity index (χ4n) is 4.01. The van der Waals surface area contributed by atoms with Gasteiger partial charge < -0.3 is 9.84 Å². The standard InChI is InChI=1S/C17H28N4O3/c1-4-21-13(3)16(12(2)18-21)8-20-6-14-5-19(9-17(22)23)7-15(20)11-24-10-14/h14-15H,4-11H2,1-3H3,(H,22,23)/t14-,15-/m0/s1. The normalized spacial score (nSPS) is 25.6. The van der Waals surface area contributed by atoms with Crippen LogP contribution in [-0.4, -0.2) is 76.1 Å². The number of hydrogen-bond acceptors (Lipinski definition) is 5. The Morgan fingerprint density at radius 1 is 1.29 bits per heavy atom. The third kappa shape index (κ3) is 3.63. The molecule has 0 spiro atoms. The summed E-state index contributed by atoms with van der Waals surface area (Å²) in [5, 5.41) is 13.8. The largest absolute Gasteiger partial charge is 0.480 e. The van der Waals surface area contributed by atoms with Crippen LogP contribution >= 0.6 is 0 Å². The Balaban J connectivity index is 1.78. The quantitative estimate of drug-likeness (QED) is 0.855. The first kappa shape index (κ1) is 17.4. The minimum Gasteiger partial charge on any atom is -0.480 e. The molecule has 2 aliphatic heterocycles. The van der Waals surface area contributed by atoms with Crippen LogP contribution in [0.2, 0.25) is 0 Å². The number of aliphatic carboxylic acids is 1. The van der Waals surface area contributed by atoms with Gasteiger partial charge in [0.25, 0.3) is 0 Å². The van der Waals surface area contributed by atoms with E-state index in [0.29, 0.717) is 12.5 Å². The van der Waals surface area contributed by atoms with Gasteiger partial charge in [0, 0.05) is 55.9 Å². The van der Waals surface area contributed by atoms with E-state index in [1.807, 2.05) is 0 Å². The van der Waals surface area contributed by atoms with Crippen molar-refractivity contribution >= 4 is 5.97 Å². The lowest BCUT2D eigenvalue weighted by Gasteiger charge is -2.30. The van der Waals surface area contributed by atoms with Crippen LogP contribution in [0.15, 0.2) is 0 Å². The molecule has 24 heavy (non-hydrogen) atoms. The lowest BCUT2D eigenvalue weighted by atomic mass is 10.1. The molecule has 0 aromatic carbocycles. The number of fused-ring (bicyclic) bond motifs is 3. The van der Waals surface area contributed by atoms with Crippen molar-refractivity contribution in [2.24, 2.45) is 5.92 Å². The molecule has 0 unspecified atom stereocenters. The number of carboxylic acid groups (broad SMARTS) is 1. The van der Waals surface area contributed by atoms with Gasteiger partial charge in [-0.25, -0.2) is 0 Å². The number of carboxylic acids is 1. The van der Waals surface area contributed by atoms with Gasteiger partial charge in [0.05, 0.1) is 25.5 Å². The molecular formula is C17H28N4O3. The molecule has 1 aromatic heterocycles. The highest BCUT2D eigenvalue weighted by molar-refractivity contribution is 5.69. The van der Waals surface area contributed by atoms with Crippen molar-refractivity contribution < 1.29 is 14.6 Å². The maximum atomic E-state index is 11.1. The number of aromatic nitrogens is 2. The molecule has 2 saturated heterocycles. The van der Waals surface area contributed by atoms with E-state index in [-0.39, 0.29) is 12.6 Å². The summed E-state index contributed by atoms with van der Waals surface area (Å²) in [6, 6.07) is 0.237. The first-order chi connectivity index (χ1) is 11.5. The zero-order valence-corrected chi connectivity index (χ0v) is 14.9. The number of carbonyl (C=O) groups is 1. The highest BCUT2D eigenvalue weighted by Crippen LogP contribution is 2.24. The highest BCUT2D eigenvalue weighted by Gasteiger charge is 2.34. The first-order valence-corrected chi connectivity index (χ1v) is 8.76. The molecule has 0 saturated carbocycles. The van der Waals surface area contributed by atoms with Gasteiger partial charge in [-0.15, -0.1) is 0 Å². The number of ether oxygens (including phenoxy) is 1. The molecule has 2 bridgehead atoms. The number of rotatable bonds is 5. The monoisotopic (exact) mass is 336 g/mol. The van der Waals surface area contributed by atoms with E-state index in [2.05, 4.69) is 40.4 Å². The van der Waals surface area contributed by atoms with Gasteiger partial charge in [0.2, 0.25) is 0 Å². The molecular weight excluding hydrogens is 308 g/mol. The molecule has 7 heteroatoms. The molecule has 1 aromatic rings. The number of hydrogen-bond donors (Lipinski definition) is 1. The van der Waals surface area contributed by atoms with Crippen LogP contribution in [0.1, 0.15) is 23.9 Å². The smallest absolute Gasteiger partial charge is 0.317 e. The van der Waals surface area contributed by atoms with E-state index in [1.54, 1.807) is 0 Å². The summed E-state index contributed by atoms with van der Waals surface area (Å²) < 4.78 is 7.89. The predicted octanol–water partition coefficient (Wildman–Crippen LogP) is 0.737. The van der Waals surface area contributed by atoms with Crippen molar-refractivity contribution in [3.05, 3.63) is 17.0 Å². The van der Waals surface area contributed by atoms with Crippen molar-refractivity contribution in [2.45, 2.75) is 39.9 Å². The van der Waals surface area contributed by atoms with Gasteiger partial charge in [-0.1, -0.05) is 0 Å². The Kier molecular flexibility index (Phi) is 5.22. The molecule has 2 aliphatic rings. The molecule has 1 N–H and O–H groups in total. The average molecular weight is 336 g/mol. The molecule has 3 rings (SSSR count). The number of aryl methyl sites for hydroxylation is 2. The molecule has 134 valence electrons. The van der Waals surface area contributed by atoms with E-state index in [0.717, 1.165) is 45.0 Å². The van der Waals surface area contributed by atoms with Gasteiger partial charge in [0.15, 0.2) is 0 Å². The van der Waals surface area contributed by atoms with E-state index in [4.69, 9.17) is 9.84 Å². The summed E-state index contributed by atoms with van der Waals surface area (Å²) in [6.45, 7) is 12.1. The van der Waals surface area contributed by atoms with Crippen LogP contribution in [0.25, 0.3) is 0 Å². The maximum absolute atomic E-state index is 11.1. The SMILES string of the molecule is CCn1nc(C)c(CN2C[C@H]3COC[C@@H]2CN(CC(=O)O)C3)c1C. The zero-order valence-electron chi connectivity index (χ0n) is 14.9. The Labute approximate surface area is 143 Å². The van der Waals surface area contributed by atoms with Crippen LogP contribution in [0, 0.1) is 19.8 Å². The van der Waals surface area contributed by atoms with Crippen molar-refractivity contribution in [1.29, 1.82) is 0 Å². The molecule has 3 heterocycles. The molecule has 7 nitrogen and oxygen atoms in total. The summed E-state index contributed by atoms with van der Waals surface area (Å²) in [4.78, 5) is 15.6. The third-order valence-electron chi connectivity index (χ3n) is 5.21. The van der Waals surface area contributed by atoms with Gasteiger partial charge in [-0.05, 0) is 20.8 Å². The highest BCUT2D eigenvalue weighted by atomic mass is 16.5. The van der Waals surface area contributed by atoms with E-state index < -0.39 is 5.97 Å². The fraction of sp³-hybridized carbons (Fsp3) is 0.765. The minimum atomic E-state index is -0.752. The summed E-state index contributed by atoms with van der Waals surface area (Å²) in [6.07, 6.45) is 0.